The summed E-state index contributed by atoms with van der Waals surface area (Å²) in [5.74, 6) is 0.376. The third kappa shape index (κ3) is 3.81. The summed E-state index contributed by atoms with van der Waals surface area (Å²) in [5.41, 5.74) is 7.41. The van der Waals surface area contributed by atoms with E-state index in [1.165, 1.54) is 5.56 Å². The molecule has 2 unspecified atom stereocenters. The summed E-state index contributed by atoms with van der Waals surface area (Å²) < 4.78 is 0. The Balaban J connectivity index is 1.80. The number of amides is 1. The van der Waals surface area contributed by atoms with E-state index < -0.39 is 0 Å². The minimum absolute atomic E-state index is 0.120. The first-order valence-corrected chi connectivity index (χ1v) is 8.34. The van der Waals surface area contributed by atoms with Gasteiger partial charge < -0.3 is 10.6 Å². The van der Waals surface area contributed by atoms with E-state index >= 15 is 0 Å². The third-order valence-electron chi connectivity index (χ3n) is 4.21. The van der Waals surface area contributed by atoms with Crippen LogP contribution in [-0.2, 0) is 11.3 Å². The van der Waals surface area contributed by atoms with Gasteiger partial charge >= 0.3 is 0 Å². The molecule has 1 amide bonds. The van der Waals surface area contributed by atoms with Gasteiger partial charge in [-0.15, -0.1) is 0 Å². The van der Waals surface area contributed by atoms with Crippen molar-refractivity contribution in [3.8, 4) is 0 Å². The summed E-state index contributed by atoms with van der Waals surface area (Å²) >= 11 is 1.74. The van der Waals surface area contributed by atoms with Crippen molar-refractivity contribution in [2.24, 2.45) is 11.7 Å². The first-order valence-electron chi connectivity index (χ1n) is 7.39. The molecule has 5 heteroatoms. The molecule has 0 spiro atoms. The molecule has 0 radical (unpaired) electrons. The Kier molecular flexibility index (Phi) is 5.57. The average molecular weight is 295 g/mol. The van der Waals surface area contributed by atoms with Crippen molar-refractivity contribution >= 4 is 17.2 Å². The molecule has 1 aliphatic rings. The number of hydrogen-bond acceptors (Lipinski definition) is 4. The van der Waals surface area contributed by atoms with Crippen LogP contribution >= 0.6 is 11.3 Å². The minimum Gasteiger partial charge on any atom is -0.339 e. The number of rotatable bonds is 5. The van der Waals surface area contributed by atoms with E-state index in [2.05, 4.69) is 35.6 Å². The number of nitrogens with two attached hydrogens (primary N) is 1. The van der Waals surface area contributed by atoms with E-state index in [1.807, 2.05) is 4.90 Å². The monoisotopic (exact) mass is 295 g/mol. The number of hydrogen-bond donors (Lipinski definition) is 1. The molecular formula is C15H25N3OS. The molecule has 0 saturated carbocycles. The van der Waals surface area contributed by atoms with Crippen LogP contribution in [0.4, 0.5) is 0 Å². The predicted molar refractivity (Wildman–Crippen MR) is 83.6 cm³/mol. The maximum Gasteiger partial charge on any atom is 0.239 e. The highest BCUT2D eigenvalue weighted by atomic mass is 32.1. The second-order valence-electron chi connectivity index (χ2n) is 5.64. The van der Waals surface area contributed by atoms with E-state index in [0.717, 1.165) is 39.1 Å². The van der Waals surface area contributed by atoms with Crippen LogP contribution < -0.4 is 5.73 Å². The highest BCUT2D eigenvalue weighted by Crippen LogP contribution is 2.14. The lowest BCUT2D eigenvalue weighted by atomic mass is 9.98. The van der Waals surface area contributed by atoms with E-state index in [9.17, 15) is 4.79 Å². The van der Waals surface area contributed by atoms with Crippen LogP contribution in [0.2, 0.25) is 0 Å². The Morgan fingerprint density at radius 1 is 1.40 bits per heavy atom. The Labute approximate surface area is 125 Å². The predicted octanol–water partition coefficient (Wildman–Crippen LogP) is 1.77. The number of carbonyl (C=O) groups is 1. The zero-order valence-corrected chi connectivity index (χ0v) is 13.2. The van der Waals surface area contributed by atoms with Gasteiger partial charge in [0, 0.05) is 32.7 Å². The molecule has 1 fully saturated rings. The summed E-state index contributed by atoms with van der Waals surface area (Å²) in [4.78, 5) is 16.6. The Hall–Kier alpha value is -0.910. The molecular weight excluding hydrogens is 270 g/mol. The van der Waals surface area contributed by atoms with Crippen LogP contribution in [0.1, 0.15) is 25.8 Å². The lowest BCUT2D eigenvalue weighted by Gasteiger charge is -2.36. The van der Waals surface area contributed by atoms with Gasteiger partial charge in [-0.3, -0.25) is 9.69 Å². The number of carbonyl (C=O) groups excluding carboxylic acids is 1. The number of thiophene rings is 1. The largest absolute Gasteiger partial charge is 0.339 e. The van der Waals surface area contributed by atoms with Gasteiger partial charge in [-0.1, -0.05) is 20.3 Å². The van der Waals surface area contributed by atoms with Crippen molar-refractivity contribution in [2.75, 3.05) is 26.2 Å². The molecule has 1 aromatic rings. The standard InChI is InChI=1S/C15H25N3OS/c1-3-12(2)14(16)15(19)18-7-5-17(6-8-18)10-13-4-9-20-11-13/h4,9,11-12,14H,3,5-8,10,16H2,1-2H3. The first-order chi connectivity index (χ1) is 9.61. The smallest absolute Gasteiger partial charge is 0.239 e. The molecule has 0 aromatic carbocycles. The topological polar surface area (TPSA) is 49.6 Å². The van der Waals surface area contributed by atoms with Crippen LogP contribution in [0, 0.1) is 5.92 Å². The molecule has 0 aliphatic carbocycles. The lowest BCUT2D eigenvalue weighted by molar-refractivity contribution is -0.135. The van der Waals surface area contributed by atoms with Crippen molar-refractivity contribution in [3.63, 3.8) is 0 Å². The van der Waals surface area contributed by atoms with E-state index in [0.29, 0.717) is 0 Å². The third-order valence-corrected chi connectivity index (χ3v) is 4.94. The maximum atomic E-state index is 12.3. The van der Waals surface area contributed by atoms with Crippen LogP contribution in [-0.4, -0.2) is 47.9 Å². The van der Waals surface area contributed by atoms with E-state index in [1.54, 1.807) is 11.3 Å². The second kappa shape index (κ2) is 7.20. The zero-order chi connectivity index (χ0) is 14.5. The van der Waals surface area contributed by atoms with Gasteiger partial charge in [0.25, 0.3) is 0 Å². The van der Waals surface area contributed by atoms with Gasteiger partial charge in [-0.25, -0.2) is 0 Å². The molecule has 1 aliphatic heterocycles. The van der Waals surface area contributed by atoms with E-state index in [4.69, 9.17) is 5.73 Å². The van der Waals surface area contributed by atoms with Crippen molar-refractivity contribution in [3.05, 3.63) is 22.4 Å². The van der Waals surface area contributed by atoms with Crippen LogP contribution in [0.5, 0.6) is 0 Å². The van der Waals surface area contributed by atoms with Gasteiger partial charge in [0.2, 0.25) is 5.91 Å². The SMILES string of the molecule is CCC(C)C(N)C(=O)N1CCN(Cc2ccsc2)CC1. The highest BCUT2D eigenvalue weighted by Gasteiger charge is 2.27. The minimum atomic E-state index is -0.344. The summed E-state index contributed by atoms with van der Waals surface area (Å²) in [6.07, 6.45) is 0.949. The fraction of sp³-hybridized carbons (Fsp3) is 0.667. The van der Waals surface area contributed by atoms with Gasteiger partial charge in [0.1, 0.15) is 0 Å². The molecule has 2 heterocycles. The zero-order valence-electron chi connectivity index (χ0n) is 12.4. The molecule has 4 nitrogen and oxygen atoms in total. The van der Waals surface area contributed by atoms with Crippen LogP contribution in [0.15, 0.2) is 16.8 Å². The Bertz CT molecular complexity index is 413. The fourth-order valence-corrected chi connectivity index (χ4v) is 3.14. The van der Waals surface area contributed by atoms with Crippen molar-refractivity contribution in [1.29, 1.82) is 0 Å². The summed E-state index contributed by atoms with van der Waals surface area (Å²) in [6.45, 7) is 8.60. The molecule has 1 saturated heterocycles. The maximum absolute atomic E-state index is 12.3. The number of piperazine rings is 1. The summed E-state index contributed by atoms with van der Waals surface area (Å²) in [6, 6.07) is 1.82. The van der Waals surface area contributed by atoms with Gasteiger partial charge in [-0.05, 0) is 28.3 Å². The fourth-order valence-electron chi connectivity index (χ4n) is 2.48. The molecule has 1 aromatic heterocycles. The molecule has 2 atom stereocenters. The summed E-state index contributed by atoms with van der Waals surface area (Å²) in [7, 11) is 0. The van der Waals surface area contributed by atoms with Crippen molar-refractivity contribution < 1.29 is 4.79 Å². The van der Waals surface area contributed by atoms with Crippen LogP contribution in [0.3, 0.4) is 0 Å². The first kappa shape index (κ1) is 15.5. The highest BCUT2D eigenvalue weighted by molar-refractivity contribution is 7.07. The van der Waals surface area contributed by atoms with Gasteiger partial charge in [-0.2, -0.15) is 11.3 Å². The van der Waals surface area contributed by atoms with Gasteiger partial charge in [0.15, 0.2) is 0 Å². The Morgan fingerprint density at radius 2 is 2.10 bits per heavy atom. The normalized spacial score (nSPS) is 19.9. The molecule has 20 heavy (non-hydrogen) atoms. The number of nitrogens with zero attached hydrogens (tertiary/aromatic N) is 2. The summed E-state index contributed by atoms with van der Waals surface area (Å²) in [5, 5.41) is 4.30. The van der Waals surface area contributed by atoms with Crippen molar-refractivity contribution in [1.82, 2.24) is 9.80 Å². The Morgan fingerprint density at radius 3 is 2.65 bits per heavy atom. The van der Waals surface area contributed by atoms with Crippen molar-refractivity contribution in [2.45, 2.75) is 32.9 Å². The van der Waals surface area contributed by atoms with E-state index in [-0.39, 0.29) is 17.9 Å². The molecule has 2 N–H and O–H groups in total. The quantitative estimate of drug-likeness (QED) is 0.900. The average Bonchev–Trinajstić information content (AvgIpc) is 2.98. The van der Waals surface area contributed by atoms with Crippen LogP contribution in [0.25, 0.3) is 0 Å². The lowest BCUT2D eigenvalue weighted by Crippen LogP contribution is -2.54. The molecule has 0 bridgehead atoms. The van der Waals surface area contributed by atoms with Gasteiger partial charge in [0.05, 0.1) is 6.04 Å². The molecule has 112 valence electrons. The molecule has 2 rings (SSSR count). The second-order valence-corrected chi connectivity index (χ2v) is 6.42.